The van der Waals surface area contributed by atoms with Crippen LogP contribution in [0.1, 0.15) is 16.7 Å². The second kappa shape index (κ2) is 10.3. The van der Waals surface area contributed by atoms with Crippen molar-refractivity contribution in [2.75, 3.05) is 26.1 Å². The maximum absolute atomic E-state index is 12.9. The summed E-state index contributed by atoms with van der Waals surface area (Å²) >= 11 is 5.26. The molecule has 0 unspecified atom stereocenters. The molecule has 0 amide bonds. The van der Waals surface area contributed by atoms with Gasteiger partial charge in [-0.1, -0.05) is 18.2 Å². The Morgan fingerprint density at radius 1 is 1.06 bits per heavy atom. The SMILES string of the molecule is COc1ccc(CCNC(=S)Nc2ncn(Cc3cccc(C(F)(F)F)c3)n2)cc1OC. The summed E-state index contributed by atoms with van der Waals surface area (Å²) in [6.45, 7) is 0.713. The second-order valence-corrected chi connectivity index (χ2v) is 7.19. The van der Waals surface area contributed by atoms with Crippen molar-refractivity contribution < 1.29 is 22.6 Å². The van der Waals surface area contributed by atoms with Gasteiger partial charge in [-0.05, 0) is 54.0 Å². The van der Waals surface area contributed by atoms with E-state index in [0.29, 0.717) is 35.1 Å². The van der Waals surface area contributed by atoms with Gasteiger partial charge in [0.2, 0.25) is 5.95 Å². The van der Waals surface area contributed by atoms with Crippen LogP contribution in [-0.4, -0.2) is 40.6 Å². The van der Waals surface area contributed by atoms with E-state index in [1.54, 1.807) is 20.3 Å². The molecule has 0 aliphatic carbocycles. The summed E-state index contributed by atoms with van der Waals surface area (Å²) in [5.41, 5.74) is 0.807. The van der Waals surface area contributed by atoms with Gasteiger partial charge >= 0.3 is 6.18 Å². The number of halogens is 3. The van der Waals surface area contributed by atoms with E-state index in [-0.39, 0.29) is 12.5 Å². The fourth-order valence-corrected chi connectivity index (χ4v) is 3.16. The van der Waals surface area contributed by atoms with Crippen molar-refractivity contribution in [1.82, 2.24) is 20.1 Å². The molecule has 1 aromatic heterocycles. The number of rotatable bonds is 8. The van der Waals surface area contributed by atoms with Crippen LogP contribution in [0.2, 0.25) is 0 Å². The van der Waals surface area contributed by atoms with Gasteiger partial charge in [0.15, 0.2) is 16.6 Å². The fraction of sp³-hybridized carbons (Fsp3) is 0.286. The molecule has 0 aliphatic rings. The molecule has 2 aromatic carbocycles. The predicted molar refractivity (Wildman–Crippen MR) is 118 cm³/mol. The van der Waals surface area contributed by atoms with Crippen molar-refractivity contribution in [3.8, 4) is 11.5 Å². The summed E-state index contributed by atoms with van der Waals surface area (Å²) in [5.74, 6) is 1.56. The van der Waals surface area contributed by atoms with Gasteiger partial charge in [0.1, 0.15) is 6.33 Å². The van der Waals surface area contributed by atoms with E-state index in [0.717, 1.165) is 17.7 Å². The average Bonchev–Trinajstić information content (AvgIpc) is 3.19. The van der Waals surface area contributed by atoms with Gasteiger partial charge in [0.25, 0.3) is 0 Å². The van der Waals surface area contributed by atoms with E-state index >= 15 is 0 Å². The topological polar surface area (TPSA) is 73.2 Å². The molecule has 0 spiro atoms. The third kappa shape index (κ3) is 6.33. The summed E-state index contributed by atoms with van der Waals surface area (Å²) < 4.78 is 50.5. The Labute approximate surface area is 188 Å². The highest BCUT2D eigenvalue weighted by Gasteiger charge is 2.30. The van der Waals surface area contributed by atoms with Gasteiger partial charge in [-0.15, -0.1) is 5.10 Å². The maximum Gasteiger partial charge on any atom is 0.416 e. The number of hydrogen-bond acceptors (Lipinski definition) is 5. The zero-order valence-electron chi connectivity index (χ0n) is 17.4. The van der Waals surface area contributed by atoms with E-state index in [1.165, 1.54) is 17.1 Å². The highest BCUT2D eigenvalue weighted by atomic mass is 32.1. The number of methoxy groups -OCH3 is 2. The van der Waals surface area contributed by atoms with Gasteiger partial charge in [-0.25, -0.2) is 9.67 Å². The molecule has 7 nitrogen and oxygen atoms in total. The lowest BCUT2D eigenvalue weighted by Gasteiger charge is -2.11. The summed E-state index contributed by atoms with van der Waals surface area (Å²) in [4.78, 5) is 4.09. The van der Waals surface area contributed by atoms with Gasteiger partial charge in [-0.2, -0.15) is 13.2 Å². The highest BCUT2D eigenvalue weighted by molar-refractivity contribution is 7.80. The minimum absolute atomic E-state index is 0.151. The molecule has 3 aromatic rings. The smallest absolute Gasteiger partial charge is 0.416 e. The van der Waals surface area contributed by atoms with Crippen molar-refractivity contribution >= 4 is 23.3 Å². The lowest BCUT2D eigenvalue weighted by atomic mass is 10.1. The number of aromatic nitrogens is 3. The van der Waals surface area contributed by atoms with Crippen molar-refractivity contribution in [2.24, 2.45) is 0 Å². The minimum atomic E-state index is -4.39. The van der Waals surface area contributed by atoms with E-state index in [1.807, 2.05) is 18.2 Å². The zero-order chi connectivity index (χ0) is 23.1. The zero-order valence-corrected chi connectivity index (χ0v) is 18.3. The number of anilines is 1. The molecule has 32 heavy (non-hydrogen) atoms. The van der Waals surface area contributed by atoms with E-state index in [2.05, 4.69) is 20.7 Å². The Morgan fingerprint density at radius 2 is 1.84 bits per heavy atom. The van der Waals surface area contributed by atoms with Crippen LogP contribution in [-0.2, 0) is 19.1 Å². The first kappa shape index (κ1) is 23.3. The molecule has 2 N–H and O–H groups in total. The third-order valence-corrected chi connectivity index (χ3v) is 4.75. The Morgan fingerprint density at radius 3 is 2.56 bits per heavy atom. The molecular weight excluding hydrogens is 443 g/mol. The lowest BCUT2D eigenvalue weighted by molar-refractivity contribution is -0.137. The third-order valence-electron chi connectivity index (χ3n) is 4.51. The Balaban J connectivity index is 1.50. The molecule has 1 heterocycles. The number of hydrogen-bond donors (Lipinski definition) is 2. The van der Waals surface area contributed by atoms with Gasteiger partial charge in [0, 0.05) is 6.54 Å². The lowest BCUT2D eigenvalue weighted by Crippen LogP contribution is -2.30. The number of alkyl halides is 3. The number of benzene rings is 2. The number of nitrogens with zero attached hydrogens (tertiary/aromatic N) is 3. The molecule has 0 radical (unpaired) electrons. The van der Waals surface area contributed by atoms with Gasteiger partial charge in [0.05, 0.1) is 26.3 Å². The largest absolute Gasteiger partial charge is 0.493 e. The average molecular weight is 466 g/mol. The van der Waals surface area contributed by atoms with Crippen molar-refractivity contribution in [1.29, 1.82) is 0 Å². The minimum Gasteiger partial charge on any atom is -0.493 e. The van der Waals surface area contributed by atoms with Crippen LogP contribution in [0.3, 0.4) is 0 Å². The quantitative estimate of drug-likeness (QED) is 0.489. The maximum atomic E-state index is 12.9. The fourth-order valence-electron chi connectivity index (χ4n) is 2.96. The normalized spacial score (nSPS) is 11.2. The molecule has 11 heteroatoms. The Kier molecular flexibility index (Phi) is 7.52. The molecule has 170 valence electrons. The first-order valence-electron chi connectivity index (χ1n) is 9.60. The van der Waals surface area contributed by atoms with E-state index in [9.17, 15) is 13.2 Å². The molecule has 0 saturated heterocycles. The molecule has 0 atom stereocenters. The second-order valence-electron chi connectivity index (χ2n) is 6.78. The van der Waals surface area contributed by atoms with Crippen LogP contribution in [0.15, 0.2) is 48.8 Å². The molecule has 0 bridgehead atoms. The van der Waals surface area contributed by atoms with Crippen molar-refractivity contribution in [3.05, 3.63) is 65.5 Å². The Hall–Kier alpha value is -3.34. The molecule has 0 saturated carbocycles. The van der Waals surface area contributed by atoms with Crippen LogP contribution < -0.4 is 20.1 Å². The highest BCUT2D eigenvalue weighted by Crippen LogP contribution is 2.30. The first-order valence-corrected chi connectivity index (χ1v) is 10.0. The summed E-state index contributed by atoms with van der Waals surface area (Å²) in [6.07, 6.45) is -2.27. The van der Waals surface area contributed by atoms with Crippen LogP contribution in [0.5, 0.6) is 11.5 Å². The van der Waals surface area contributed by atoms with Crippen LogP contribution in [0.4, 0.5) is 19.1 Å². The summed E-state index contributed by atoms with van der Waals surface area (Å²) in [6, 6.07) is 10.8. The Bertz CT molecular complexity index is 1070. The van der Waals surface area contributed by atoms with Crippen LogP contribution in [0, 0.1) is 0 Å². The van der Waals surface area contributed by atoms with Crippen molar-refractivity contribution in [3.63, 3.8) is 0 Å². The molecule has 0 aliphatic heterocycles. The molecular formula is C21H22F3N5O2S. The van der Waals surface area contributed by atoms with Gasteiger partial charge < -0.3 is 14.8 Å². The van der Waals surface area contributed by atoms with E-state index < -0.39 is 11.7 Å². The van der Waals surface area contributed by atoms with Crippen LogP contribution >= 0.6 is 12.2 Å². The number of ether oxygens (including phenoxy) is 2. The van der Waals surface area contributed by atoms with E-state index in [4.69, 9.17) is 21.7 Å². The van der Waals surface area contributed by atoms with Gasteiger partial charge in [-0.3, -0.25) is 5.32 Å². The number of thiocarbonyl (C=S) groups is 1. The summed E-state index contributed by atoms with van der Waals surface area (Å²) in [5, 5.41) is 10.5. The standard InChI is InChI=1S/C21H22F3N5O2S/c1-30-17-7-6-14(11-18(17)31-2)8-9-25-20(32)27-19-26-13-29(28-19)12-15-4-3-5-16(10-15)21(22,23)24/h3-7,10-11,13H,8-9,12H2,1-2H3,(H2,25,27,28,32). The predicted octanol–water partition coefficient (Wildman–Crippen LogP) is 3.89. The molecule has 0 fully saturated rings. The van der Waals surface area contributed by atoms with Crippen molar-refractivity contribution in [2.45, 2.75) is 19.1 Å². The van der Waals surface area contributed by atoms with Crippen LogP contribution in [0.25, 0.3) is 0 Å². The number of nitrogens with one attached hydrogen (secondary N) is 2. The molecule has 3 rings (SSSR count). The monoisotopic (exact) mass is 465 g/mol. The first-order chi connectivity index (χ1) is 15.3. The summed E-state index contributed by atoms with van der Waals surface area (Å²) in [7, 11) is 3.16.